The second-order valence-corrected chi connectivity index (χ2v) is 5.18. The Bertz CT molecular complexity index is 166. The fourth-order valence-electron chi connectivity index (χ4n) is 1.37. The van der Waals surface area contributed by atoms with Crippen LogP contribution in [0.15, 0.2) is 0 Å². The lowest BCUT2D eigenvalue weighted by molar-refractivity contribution is -0.870. The molecule has 0 aromatic carbocycles. The lowest BCUT2D eigenvalue weighted by Gasteiger charge is -2.23. The van der Waals surface area contributed by atoms with Crippen molar-refractivity contribution in [1.29, 1.82) is 0 Å². The van der Waals surface area contributed by atoms with E-state index >= 15 is 0 Å². The molecule has 0 aromatic heterocycles. The van der Waals surface area contributed by atoms with Crippen molar-refractivity contribution in [2.24, 2.45) is 11.5 Å². The van der Waals surface area contributed by atoms with Gasteiger partial charge in [0.1, 0.15) is 0 Å². The van der Waals surface area contributed by atoms with E-state index in [9.17, 15) is 0 Å². The zero-order valence-electron chi connectivity index (χ0n) is 11.8. The molecule has 17 heavy (non-hydrogen) atoms. The lowest BCUT2D eigenvalue weighted by atomic mass is 10.1. The Morgan fingerprint density at radius 2 is 1.29 bits per heavy atom. The predicted molar refractivity (Wildman–Crippen MR) is 70.0 cm³/mol. The highest BCUT2D eigenvalue weighted by molar-refractivity contribution is 5.69. The van der Waals surface area contributed by atoms with Crippen LogP contribution < -0.4 is 23.9 Å². The highest BCUT2D eigenvalue weighted by Crippen LogP contribution is 2.06. The van der Waals surface area contributed by atoms with Crippen molar-refractivity contribution >= 4 is 6.03 Å². The van der Waals surface area contributed by atoms with Gasteiger partial charge < -0.3 is 28.4 Å². The normalized spacial score (nSPS) is 9.88. The molecule has 0 unspecified atom stereocenters. The van der Waals surface area contributed by atoms with Crippen molar-refractivity contribution in [2.45, 2.75) is 45.4 Å². The highest BCUT2D eigenvalue weighted by atomic mass is 35.5. The number of halogens is 1. The fourth-order valence-corrected chi connectivity index (χ4v) is 1.37. The van der Waals surface area contributed by atoms with E-state index in [2.05, 4.69) is 39.5 Å². The number of urea groups is 1. The van der Waals surface area contributed by atoms with Crippen molar-refractivity contribution in [2.75, 3.05) is 27.7 Å². The number of primary amides is 2. The van der Waals surface area contributed by atoms with Gasteiger partial charge in [0.05, 0.1) is 27.7 Å². The molecule has 0 aliphatic heterocycles. The number of unbranched alkanes of at least 4 members (excludes halogenated alkanes) is 5. The largest absolute Gasteiger partial charge is 1.00 e. The molecule has 0 saturated carbocycles. The summed E-state index contributed by atoms with van der Waals surface area (Å²) in [5, 5.41) is 0. The SMILES string of the molecule is CCCCCCCC[N+](C)(C)C.NC(N)=O.[Cl-]. The first kappa shape index (κ1) is 21.8. The summed E-state index contributed by atoms with van der Waals surface area (Å²) in [6.07, 6.45) is 8.48. The maximum atomic E-state index is 9.00. The highest BCUT2D eigenvalue weighted by Gasteiger charge is 2.04. The first-order valence-corrected chi connectivity index (χ1v) is 6.15. The summed E-state index contributed by atoms with van der Waals surface area (Å²) in [5.74, 6) is 0. The lowest BCUT2D eigenvalue weighted by Crippen LogP contribution is -3.00. The topological polar surface area (TPSA) is 69.1 Å². The third-order valence-electron chi connectivity index (χ3n) is 2.18. The zero-order chi connectivity index (χ0) is 13.0. The molecule has 0 rings (SSSR count). The van der Waals surface area contributed by atoms with Crippen LogP contribution in [0.1, 0.15) is 45.4 Å². The van der Waals surface area contributed by atoms with Crippen molar-refractivity contribution < 1.29 is 21.7 Å². The average molecular weight is 268 g/mol. The second-order valence-electron chi connectivity index (χ2n) is 5.18. The standard InChI is InChI=1S/C11H26N.CH4N2O.ClH/c1-5-6-7-8-9-10-11-12(2,3)4;2-1(3)4;/h5-11H2,1-4H3;(H4,2,3,4);1H/q+1;;/p-1. The predicted octanol–water partition coefficient (Wildman–Crippen LogP) is -0.919. The second kappa shape index (κ2) is 13.6. The Morgan fingerprint density at radius 1 is 0.941 bits per heavy atom. The summed E-state index contributed by atoms with van der Waals surface area (Å²) >= 11 is 0. The number of amides is 2. The van der Waals surface area contributed by atoms with Gasteiger partial charge in [0.15, 0.2) is 0 Å². The van der Waals surface area contributed by atoms with Crippen LogP contribution in [0, 0.1) is 0 Å². The summed E-state index contributed by atoms with van der Waals surface area (Å²) < 4.78 is 1.12. The molecular formula is C12H30ClN3O. The van der Waals surface area contributed by atoms with Crippen molar-refractivity contribution in [3.63, 3.8) is 0 Å². The van der Waals surface area contributed by atoms with Gasteiger partial charge in [-0.15, -0.1) is 0 Å². The van der Waals surface area contributed by atoms with Crippen molar-refractivity contribution in [3.8, 4) is 0 Å². The summed E-state index contributed by atoms with van der Waals surface area (Å²) in [7, 11) is 6.81. The molecular weight excluding hydrogens is 238 g/mol. The summed E-state index contributed by atoms with van der Waals surface area (Å²) in [4.78, 5) is 9.00. The molecule has 0 bridgehead atoms. The minimum atomic E-state index is -0.833. The summed E-state index contributed by atoms with van der Waals surface area (Å²) in [5.41, 5.74) is 8.50. The van der Waals surface area contributed by atoms with Gasteiger partial charge in [-0.3, -0.25) is 0 Å². The van der Waals surface area contributed by atoms with Gasteiger partial charge in [-0.2, -0.15) is 0 Å². The minimum absolute atomic E-state index is 0. The molecule has 0 atom stereocenters. The first-order chi connectivity index (χ1) is 7.29. The van der Waals surface area contributed by atoms with Gasteiger partial charge in [-0.25, -0.2) is 4.79 Å². The van der Waals surface area contributed by atoms with Crippen LogP contribution in [0.2, 0.25) is 0 Å². The third-order valence-corrected chi connectivity index (χ3v) is 2.18. The molecule has 2 amide bonds. The Hall–Kier alpha value is -0.480. The molecule has 0 saturated heterocycles. The van der Waals surface area contributed by atoms with E-state index in [0.717, 1.165) is 4.48 Å². The average Bonchev–Trinajstić information content (AvgIpc) is 2.08. The van der Waals surface area contributed by atoms with Crippen LogP contribution in [0.5, 0.6) is 0 Å². The third kappa shape index (κ3) is 39.1. The molecule has 0 radical (unpaired) electrons. The number of hydrogen-bond donors (Lipinski definition) is 2. The van der Waals surface area contributed by atoms with E-state index in [-0.39, 0.29) is 12.4 Å². The van der Waals surface area contributed by atoms with Gasteiger partial charge >= 0.3 is 6.03 Å². The quantitative estimate of drug-likeness (QED) is 0.455. The van der Waals surface area contributed by atoms with E-state index in [1.54, 1.807) is 0 Å². The van der Waals surface area contributed by atoms with Gasteiger partial charge in [-0.1, -0.05) is 32.6 Å². The summed E-state index contributed by atoms with van der Waals surface area (Å²) in [6.45, 7) is 3.60. The Kier molecular flexibility index (Phi) is 17.4. The minimum Gasteiger partial charge on any atom is -1.00 e. The molecule has 0 heterocycles. The van der Waals surface area contributed by atoms with Crippen LogP contribution in [0.4, 0.5) is 4.79 Å². The number of nitrogens with zero attached hydrogens (tertiary/aromatic N) is 1. The van der Waals surface area contributed by atoms with E-state index in [1.165, 1.54) is 45.1 Å². The van der Waals surface area contributed by atoms with E-state index in [0.29, 0.717) is 0 Å². The monoisotopic (exact) mass is 267 g/mol. The van der Waals surface area contributed by atoms with Crippen molar-refractivity contribution in [1.82, 2.24) is 0 Å². The maximum Gasteiger partial charge on any atom is 0.309 e. The van der Waals surface area contributed by atoms with Crippen LogP contribution >= 0.6 is 0 Å². The fraction of sp³-hybridized carbons (Fsp3) is 0.917. The van der Waals surface area contributed by atoms with E-state index < -0.39 is 6.03 Å². The Morgan fingerprint density at radius 3 is 1.65 bits per heavy atom. The number of rotatable bonds is 7. The van der Waals surface area contributed by atoms with Crippen LogP contribution in [-0.2, 0) is 0 Å². The molecule has 0 aliphatic carbocycles. The smallest absolute Gasteiger partial charge is 0.309 e. The maximum absolute atomic E-state index is 9.00. The number of carbonyl (C=O) groups is 1. The molecule has 0 fully saturated rings. The number of nitrogens with two attached hydrogens (primary N) is 2. The summed E-state index contributed by atoms with van der Waals surface area (Å²) in [6, 6.07) is -0.833. The molecule has 0 spiro atoms. The van der Waals surface area contributed by atoms with Gasteiger partial charge in [0.2, 0.25) is 0 Å². The number of hydrogen-bond acceptors (Lipinski definition) is 1. The van der Waals surface area contributed by atoms with E-state index in [1.807, 2.05) is 0 Å². The van der Waals surface area contributed by atoms with Crippen molar-refractivity contribution in [3.05, 3.63) is 0 Å². The molecule has 0 aliphatic rings. The molecule has 0 aromatic rings. The zero-order valence-corrected chi connectivity index (χ0v) is 12.6. The molecule has 4 nitrogen and oxygen atoms in total. The number of carbonyl (C=O) groups excluding carboxylic acids is 1. The van der Waals surface area contributed by atoms with Crippen LogP contribution in [0.3, 0.4) is 0 Å². The molecule has 4 N–H and O–H groups in total. The van der Waals surface area contributed by atoms with Gasteiger partial charge in [0.25, 0.3) is 0 Å². The Balaban J connectivity index is -0.000000340. The van der Waals surface area contributed by atoms with Gasteiger partial charge in [0, 0.05) is 0 Å². The molecule has 5 heteroatoms. The van der Waals surface area contributed by atoms with Crippen LogP contribution in [0.25, 0.3) is 0 Å². The Labute approximate surface area is 113 Å². The molecule has 106 valence electrons. The van der Waals surface area contributed by atoms with Crippen LogP contribution in [-0.4, -0.2) is 38.2 Å². The van der Waals surface area contributed by atoms with Gasteiger partial charge in [-0.05, 0) is 12.8 Å². The number of quaternary nitrogens is 1. The van der Waals surface area contributed by atoms with E-state index in [4.69, 9.17) is 4.79 Å². The first-order valence-electron chi connectivity index (χ1n) is 6.15.